The highest BCUT2D eigenvalue weighted by atomic mass is 35.5. The third-order valence-electron chi connectivity index (χ3n) is 5.31. The van der Waals surface area contributed by atoms with E-state index in [0.717, 1.165) is 0 Å². The van der Waals surface area contributed by atoms with E-state index in [1.807, 2.05) is 0 Å². The molecular formula is C23H26ClN3O5S. The maximum absolute atomic E-state index is 13.4. The predicted molar refractivity (Wildman–Crippen MR) is 124 cm³/mol. The van der Waals surface area contributed by atoms with Crippen LogP contribution in [0.4, 0.5) is 0 Å². The first-order valence-electron chi connectivity index (χ1n) is 10.6. The Morgan fingerprint density at radius 2 is 1.73 bits per heavy atom. The fourth-order valence-corrected chi connectivity index (χ4v) is 5.43. The molecule has 1 N–H and O–H groups in total. The molecule has 0 aliphatic carbocycles. The van der Waals surface area contributed by atoms with Gasteiger partial charge in [0.2, 0.25) is 11.8 Å². The van der Waals surface area contributed by atoms with Crippen LogP contribution >= 0.6 is 11.6 Å². The molecule has 2 aromatic carbocycles. The van der Waals surface area contributed by atoms with Crippen molar-refractivity contribution in [2.24, 2.45) is 0 Å². The molecule has 10 heteroatoms. The summed E-state index contributed by atoms with van der Waals surface area (Å²) >= 11 is 6.29. The monoisotopic (exact) mass is 491 g/mol. The Labute approximate surface area is 198 Å². The number of hydrogen-bond donors (Lipinski definition) is 1. The first-order valence-corrected chi connectivity index (χ1v) is 12.4. The normalized spacial score (nSPS) is 15.3. The zero-order valence-corrected chi connectivity index (χ0v) is 20.2. The van der Waals surface area contributed by atoms with Gasteiger partial charge in [0.25, 0.3) is 15.9 Å². The Morgan fingerprint density at radius 3 is 2.33 bits per heavy atom. The first-order chi connectivity index (χ1) is 15.6. The smallest absolute Gasteiger partial charge is 0.269 e. The lowest BCUT2D eigenvalue weighted by Crippen LogP contribution is -2.53. The van der Waals surface area contributed by atoms with E-state index >= 15 is 0 Å². The van der Waals surface area contributed by atoms with Gasteiger partial charge in [0.05, 0.1) is 5.56 Å². The Morgan fingerprint density at radius 1 is 1.09 bits per heavy atom. The molecule has 3 rings (SSSR count). The lowest BCUT2D eigenvalue weighted by molar-refractivity contribution is -0.141. The molecule has 1 atom stereocenters. The first kappa shape index (κ1) is 24.7. The molecule has 0 saturated heterocycles. The van der Waals surface area contributed by atoms with Crippen molar-refractivity contribution in [3.05, 3.63) is 64.7 Å². The highest BCUT2D eigenvalue weighted by molar-refractivity contribution is 7.90. The predicted octanol–water partition coefficient (Wildman–Crippen LogP) is 2.82. The molecule has 0 saturated carbocycles. The van der Waals surface area contributed by atoms with Crippen LogP contribution in [0, 0.1) is 0 Å². The highest BCUT2D eigenvalue weighted by Crippen LogP contribution is 2.30. The zero-order chi connectivity index (χ0) is 24.3. The number of sulfonamides is 1. The van der Waals surface area contributed by atoms with Crippen LogP contribution in [0.3, 0.4) is 0 Å². The SMILES string of the molecule is CC[C@H](C(=O)NC(C)C)N(Cc1ccccc1Cl)C(=O)CN1C(=O)c2ccccc2S1(=O)=O. The summed E-state index contributed by atoms with van der Waals surface area (Å²) < 4.78 is 26.4. The van der Waals surface area contributed by atoms with E-state index in [9.17, 15) is 22.8 Å². The van der Waals surface area contributed by atoms with Crippen LogP contribution in [0.5, 0.6) is 0 Å². The number of benzene rings is 2. The summed E-state index contributed by atoms with van der Waals surface area (Å²) in [5.74, 6) is -1.81. The maximum atomic E-state index is 13.4. The summed E-state index contributed by atoms with van der Waals surface area (Å²) in [7, 11) is -4.17. The number of hydrogen-bond acceptors (Lipinski definition) is 5. The Bertz CT molecular complexity index is 1180. The summed E-state index contributed by atoms with van der Waals surface area (Å²) in [6, 6.07) is 11.7. The molecule has 0 spiro atoms. The highest BCUT2D eigenvalue weighted by Gasteiger charge is 2.43. The van der Waals surface area contributed by atoms with Gasteiger partial charge in [0.15, 0.2) is 0 Å². The third-order valence-corrected chi connectivity index (χ3v) is 7.46. The van der Waals surface area contributed by atoms with Crippen molar-refractivity contribution in [3.8, 4) is 0 Å². The molecule has 1 aliphatic heterocycles. The fourth-order valence-electron chi connectivity index (χ4n) is 3.71. The van der Waals surface area contributed by atoms with Crippen molar-refractivity contribution in [2.45, 2.75) is 50.7 Å². The van der Waals surface area contributed by atoms with E-state index in [2.05, 4.69) is 5.32 Å². The van der Waals surface area contributed by atoms with Gasteiger partial charge in [0, 0.05) is 17.6 Å². The van der Waals surface area contributed by atoms with Crippen molar-refractivity contribution >= 4 is 39.3 Å². The Kier molecular flexibility index (Phi) is 7.44. The van der Waals surface area contributed by atoms with Crippen LogP contribution in [-0.2, 0) is 26.2 Å². The molecule has 8 nitrogen and oxygen atoms in total. The molecule has 0 unspecified atom stereocenters. The van der Waals surface area contributed by atoms with Crippen molar-refractivity contribution in [3.63, 3.8) is 0 Å². The molecule has 0 fully saturated rings. The summed E-state index contributed by atoms with van der Waals surface area (Å²) in [6.45, 7) is 4.63. The van der Waals surface area contributed by atoms with E-state index in [-0.39, 0.29) is 35.4 Å². The molecule has 1 aliphatic rings. The summed E-state index contributed by atoms with van der Waals surface area (Å²) in [5.41, 5.74) is 0.620. The van der Waals surface area contributed by atoms with Gasteiger partial charge >= 0.3 is 0 Å². The third kappa shape index (κ3) is 5.04. The number of fused-ring (bicyclic) bond motifs is 1. The average molecular weight is 492 g/mol. The van der Waals surface area contributed by atoms with Gasteiger partial charge in [-0.1, -0.05) is 48.9 Å². The van der Waals surface area contributed by atoms with E-state index in [0.29, 0.717) is 14.9 Å². The van der Waals surface area contributed by atoms with Crippen molar-refractivity contribution < 1.29 is 22.8 Å². The van der Waals surface area contributed by atoms with Crippen LogP contribution in [-0.4, -0.2) is 54.0 Å². The topological polar surface area (TPSA) is 104 Å². The van der Waals surface area contributed by atoms with Crippen LogP contribution in [0.15, 0.2) is 53.4 Å². The average Bonchev–Trinajstić information content (AvgIpc) is 2.95. The zero-order valence-electron chi connectivity index (χ0n) is 18.6. The minimum absolute atomic E-state index is 0.0163. The summed E-state index contributed by atoms with van der Waals surface area (Å²) in [4.78, 5) is 40.2. The quantitative estimate of drug-likeness (QED) is 0.611. The van der Waals surface area contributed by atoms with Gasteiger partial charge in [-0.3, -0.25) is 14.4 Å². The van der Waals surface area contributed by atoms with E-state index < -0.39 is 34.4 Å². The van der Waals surface area contributed by atoms with Crippen LogP contribution in [0.25, 0.3) is 0 Å². The summed E-state index contributed by atoms with van der Waals surface area (Å²) in [5, 5.41) is 3.21. The second-order valence-corrected chi connectivity index (χ2v) is 10.3. The van der Waals surface area contributed by atoms with E-state index in [1.54, 1.807) is 51.1 Å². The van der Waals surface area contributed by atoms with Crippen molar-refractivity contribution in [2.75, 3.05) is 6.54 Å². The number of nitrogens with zero attached hydrogens (tertiary/aromatic N) is 2. The van der Waals surface area contributed by atoms with Gasteiger partial charge < -0.3 is 10.2 Å². The van der Waals surface area contributed by atoms with Gasteiger partial charge in [-0.25, -0.2) is 12.7 Å². The standard InChI is InChI=1S/C23H26ClN3O5S/c1-4-19(22(29)25-15(2)3)26(13-16-9-5-7-11-18(16)24)21(28)14-27-23(30)17-10-6-8-12-20(17)33(27,31)32/h5-12,15,19H,4,13-14H2,1-3H3,(H,25,29)/t19-/m1/s1. The van der Waals surface area contributed by atoms with Crippen LogP contribution in [0.2, 0.25) is 5.02 Å². The number of amides is 3. The van der Waals surface area contributed by atoms with Crippen LogP contribution in [0.1, 0.15) is 43.1 Å². The number of halogens is 1. The molecule has 0 aromatic heterocycles. The molecule has 0 bridgehead atoms. The van der Waals surface area contributed by atoms with Crippen LogP contribution < -0.4 is 5.32 Å². The second kappa shape index (κ2) is 9.93. The van der Waals surface area contributed by atoms with Crippen molar-refractivity contribution in [1.82, 2.24) is 14.5 Å². The molecular weight excluding hydrogens is 466 g/mol. The number of nitrogens with one attached hydrogen (secondary N) is 1. The largest absolute Gasteiger partial charge is 0.352 e. The van der Waals surface area contributed by atoms with Gasteiger partial charge in [-0.2, -0.15) is 0 Å². The minimum Gasteiger partial charge on any atom is -0.352 e. The van der Waals surface area contributed by atoms with E-state index in [1.165, 1.54) is 23.1 Å². The Balaban J connectivity index is 1.95. The molecule has 2 aromatic rings. The van der Waals surface area contributed by atoms with E-state index in [4.69, 9.17) is 11.6 Å². The fraction of sp³-hybridized carbons (Fsp3) is 0.348. The number of carbonyl (C=O) groups excluding carboxylic acids is 3. The minimum atomic E-state index is -4.17. The summed E-state index contributed by atoms with van der Waals surface area (Å²) in [6.07, 6.45) is 0.287. The second-order valence-electron chi connectivity index (χ2n) is 8.01. The van der Waals surface area contributed by atoms with Gasteiger partial charge in [-0.15, -0.1) is 0 Å². The van der Waals surface area contributed by atoms with Gasteiger partial charge in [0.1, 0.15) is 17.5 Å². The molecule has 3 amide bonds. The molecule has 0 radical (unpaired) electrons. The Hall–Kier alpha value is -2.91. The molecule has 176 valence electrons. The lowest BCUT2D eigenvalue weighted by atomic mass is 10.1. The lowest BCUT2D eigenvalue weighted by Gasteiger charge is -2.32. The molecule has 33 heavy (non-hydrogen) atoms. The number of rotatable bonds is 8. The maximum Gasteiger partial charge on any atom is 0.269 e. The molecule has 1 heterocycles. The van der Waals surface area contributed by atoms with Crippen molar-refractivity contribution in [1.29, 1.82) is 0 Å². The number of carbonyl (C=O) groups is 3. The van der Waals surface area contributed by atoms with Gasteiger partial charge in [-0.05, 0) is 44.0 Å².